The standard InChI is InChI=1S/C21H25F2N5O4S/c1-24-13-16-14-27(21(29)32-16)15-11-18(22)20(19(23)12-15)26-8-7-25-28(10-9-26)33(30,31)17-5-3-2-4-6-17/h2-6,11-12,16,24-25H,7-10,13-14H2,1H3/t16-/m0/s1. The molecule has 0 aromatic heterocycles. The average Bonchev–Trinajstić information content (AvgIpc) is 2.98. The van der Waals surface area contributed by atoms with Crippen molar-refractivity contribution in [3.05, 3.63) is 54.1 Å². The number of benzene rings is 2. The number of carbonyl (C=O) groups excluding carboxylic acids is 1. The second kappa shape index (κ2) is 9.59. The molecule has 0 spiro atoms. The first kappa shape index (κ1) is 23.4. The molecule has 0 bridgehead atoms. The lowest BCUT2D eigenvalue weighted by Gasteiger charge is -2.25. The third kappa shape index (κ3) is 4.78. The fourth-order valence-electron chi connectivity index (χ4n) is 3.94. The van der Waals surface area contributed by atoms with E-state index < -0.39 is 33.9 Å². The van der Waals surface area contributed by atoms with Crippen LogP contribution in [-0.4, -0.2) is 71.3 Å². The number of halogens is 2. The number of ether oxygens (including phenoxy) is 1. The predicted octanol–water partition coefficient (Wildman–Crippen LogP) is 1.52. The van der Waals surface area contributed by atoms with Crippen molar-refractivity contribution in [2.24, 2.45) is 0 Å². The molecule has 2 aromatic rings. The van der Waals surface area contributed by atoms with Crippen LogP contribution in [-0.2, 0) is 14.8 Å². The fraction of sp³-hybridized carbons (Fsp3) is 0.381. The largest absolute Gasteiger partial charge is 0.443 e. The number of carbonyl (C=O) groups is 1. The molecule has 2 aliphatic heterocycles. The molecular weight excluding hydrogens is 456 g/mol. The Morgan fingerprint density at radius 3 is 2.48 bits per heavy atom. The lowest BCUT2D eigenvalue weighted by atomic mass is 10.2. The van der Waals surface area contributed by atoms with Crippen LogP contribution in [0.4, 0.5) is 25.0 Å². The summed E-state index contributed by atoms with van der Waals surface area (Å²) in [5.41, 5.74) is 2.62. The molecule has 4 rings (SSSR count). The zero-order valence-electron chi connectivity index (χ0n) is 18.0. The Balaban J connectivity index is 1.51. The summed E-state index contributed by atoms with van der Waals surface area (Å²) in [7, 11) is -2.09. The number of sulfonamides is 1. The topological polar surface area (TPSA) is 94.2 Å². The fourth-order valence-corrected chi connectivity index (χ4v) is 5.28. The van der Waals surface area contributed by atoms with Gasteiger partial charge in [-0.2, -0.15) is 0 Å². The number of nitrogens with zero attached hydrogens (tertiary/aromatic N) is 3. The van der Waals surface area contributed by atoms with Crippen molar-refractivity contribution in [1.29, 1.82) is 0 Å². The van der Waals surface area contributed by atoms with E-state index in [0.29, 0.717) is 6.54 Å². The number of hydrogen-bond acceptors (Lipinski definition) is 7. The number of cyclic esters (lactones) is 1. The number of hydrazine groups is 1. The van der Waals surface area contributed by atoms with Crippen molar-refractivity contribution in [3.63, 3.8) is 0 Å². The average molecular weight is 482 g/mol. The lowest BCUT2D eigenvalue weighted by Crippen LogP contribution is -2.43. The highest BCUT2D eigenvalue weighted by Crippen LogP contribution is 2.31. The molecule has 2 heterocycles. The van der Waals surface area contributed by atoms with Crippen molar-refractivity contribution in [2.75, 3.05) is 56.1 Å². The van der Waals surface area contributed by atoms with Crippen LogP contribution in [0.3, 0.4) is 0 Å². The molecule has 12 heteroatoms. The van der Waals surface area contributed by atoms with Crippen molar-refractivity contribution >= 4 is 27.5 Å². The molecular formula is C21H25F2N5O4S. The van der Waals surface area contributed by atoms with Gasteiger partial charge >= 0.3 is 6.09 Å². The van der Waals surface area contributed by atoms with E-state index in [4.69, 9.17) is 4.74 Å². The van der Waals surface area contributed by atoms with Gasteiger partial charge in [0, 0.05) is 44.9 Å². The third-order valence-electron chi connectivity index (χ3n) is 5.51. The smallest absolute Gasteiger partial charge is 0.414 e. The Kier molecular flexibility index (Phi) is 6.79. The van der Waals surface area contributed by atoms with Crippen LogP contribution >= 0.6 is 0 Å². The van der Waals surface area contributed by atoms with Gasteiger partial charge in [-0.1, -0.05) is 18.2 Å². The highest BCUT2D eigenvalue weighted by atomic mass is 32.2. The van der Waals surface area contributed by atoms with Crippen LogP contribution in [0.15, 0.2) is 47.4 Å². The zero-order valence-corrected chi connectivity index (χ0v) is 18.8. The maximum Gasteiger partial charge on any atom is 0.414 e. The summed E-state index contributed by atoms with van der Waals surface area (Å²) in [6.45, 7) is 1.01. The van der Waals surface area contributed by atoms with E-state index in [1.54, 1.807) is 25.2 Å². The monoisotopic (exact) mass is 481 g/mol. The Hall–Kier alpha value is -2.80. The van der Waals surface area contributed by atoms with Gasteiger partial charge in [0.2, 0.25) is 0 Å². The van der Waals surface area contributed by atoms with Gasteiger partial charge in [-0.05, 0) is 19.2 Å². The maximum absolute atomic E-state index is 15.0. The van der Waals surface area contributed by atoms with Gasteiger partial charge in [0.15, 0.2) is 11.6 Å². The van der Waals surface area contributed by atoms with Crippen LogP contribution < -0.4 is 20.5 Å². The molecule has 2 aliphatic rings. The van der Waals surface area contributed by atoms with Gasteiger partial charge < -0.3 is 15.0 Å². The number of nitrogens with one attached hydrogen (secondary N) is 2. The highest BCUT2D eigenvalue weighted by molar-refractivity contribution is 7.89. The van der Waals surface area contributed by atoms with Crippen LogP contribution in [0.1, 0.15) is 0 Å². The Morgan fingerprint density at radius 1 is 1.12 bits per heavy atom. The minimum Gasteiger partial charge on any atom is -0.443 e. The van der Waals surface area contributed by atoms with Gasteiger partial charge in [0.25, 0.3) is 10.0 Å². The summed E-state index contributed by atoms with van der Waals surface area (Å²) < 4.78 is 62.0. The molecule has 0 unspecified atom stereocenters. The zero-order chi connectivity index (χ0) is 23.6. The van der Waals surface area contributed by atoms with E-state index in [1.807, 2.05) is 0 Å². The van der Waals surface area contributed by atoms with E-state index in [2.05, 4.69) is 10.7 Å². The minimum atomic E-state index is -3.80. The van der Waals surface area contributed by atoms with Crippen molar-refractivity contribution in [2.45, 2.75) is 11.0 Å². The normalized spacial score (nSPS) is 20.1. The molecule has 1 amide bonds. The van der Waals surface area contributed by atoms with E-state index in [9.17, 15) is 13.2 Å². The molecule has 9 nitrogen and oxygen atoms in total. The molecule has 2 aromatic carbocycles. The molecule has 33 heavy (non-hydrogen) atoms. The first-order valence-electron chi connectivity index (χ1n) is 10.5. The first-order chi connectivity index (χ1) is 15.8. The van der Waals surface area contributed by atoms with Gasteiger partial charge in [-0.25, -0.2) is 27.4 Å². The van der Waals surface area contributed by atoms with Crippen LogP contribution in [0.5, 0.6) is 0 Å². The van der Waals surface area contributed by atoms with Gasteiger partial charge in [0.1, 0.15) is 11.8 Å². The van der Waals surface area contributed by atoms with Crippen molar-refractivity contribution in [1.82, 2.24) is 15.2 Å². The maximum atomic E-state index is 15.0. The van der Waals surface area contributed by atoms with Crippen LogP contribution in [0.2, 0.25) is 0 Å². The Bertz CT molecular complexity index is 1100. The van der Waals surface area contributed by atoms with Crippen LogP contribution in [0, 0.1) is 11.6 Å². The van der Waals surface area contributed by atoms with Gasteiger partial charge in [-0.15, -0.1) is 4.41 Å². The summed E-state index contributed by atoms with van der Waals surface area (Å²) in [6, 6.07) is 10.1. The summed E-state index contributed by atoms with van der Waals surface area (Å²) in [6.07, 6.45) is -1.08. The second-order valence-corrected chi connectivity index (χ2v) is 9.58. The number of amides is 1. The van der Waals surface area contributed by atoms with Crippen LogP contribution in [0.25, 0.3) is 0 Å². The molecule has 2 fully saturated rings. The SMILES string of the molecule is CNC[C@H]1CN(c2cc(F)c(N3CCNN(S(=O)(=O)c4ccccc4)CC3)c(F)c2)C(=O)O1. The first-order valence-corrected chi connectivity index (χ1v) is 11.9. The van der Waals surface area contributed by atoms with E-state index in [1.165, 1.54) is 21.9 Å². The summed E-state index contributed by atoms with van der Waals surface area (Å²) in [4.78, 5) is 14.9. The second-order valence-electron chi connectivity index (χ2n) is 7.72. The van der Waals surface area contributed by atoms with E-state index >= 15 is 8.78 Å². The molecule has 2 N–H and O–H groups in total. The molecule has 0 aliphatic carbocycles. The number of rotatable bonds is 6. The van der Waals surface area contributed by atoms with E-state index in [0.717, 1.165) is 16.5 Å². The Labute approximate surface area is 190 Å². The third-order valence-corrected chi connectivity index (χ3v) is 7.27. The minimum absolute atomic E-state index is 0.0119. The van der Waals surface area contributed by atoms with Gasteiger partial charge in [0.05, 0.1) is 17.1 Å². The molecule has 0 radical (unpaired) electrons. The predicted molar refractivity (Wildman–Crippen MR) is 118 cm³/mol. The summed E-state index contributed by atoms with van der Waals surface area (Å²) in [5, 5.41) is 2.90. The van der Waals surface area contributed by atoms with E-state index in [-0.39, 0.29) is 49.0 Å². The quantitative estimate of drug-likeness (QED) is 0.646. The molecule has 178 valence electrons. The Morgan fingerprint density at radius 2 is 1.82 bits per heavy atom. The summed E-state index contributed by atoms with van der Waals surface area (Å²) >= 11 is 0. The lowest BCUT2D eigenvalue weighted by molar-refractivity contribution is 0.141. The number of likely N-dealkylation sites (N-methyl/N-ethyl adjacent to an activating group) is 1. The van der Waals surface area contributed by atoms with Crippen molar-refractivity contribution in [3.8, 4) is 0 Å². The number of hydrogen-bond donors (Lipinski definition) is 2. The highest BCUT2D eigenvalue weighted by Gasteiger charge is 2.34. The van der Waals surface area contributed by atoms with Gasteiger partial charge in [-0.3, -0.25) is 4.90 Å². The summed E-state index contributed by atoms with van der Waals surface area (Å²) in [5.74, 6) is -1.68. The molecule has 2 saturated heterocycles. The molecule has 1 atom stereocenters. The van der Waals surface area contributed by atoms with Crippen molar-refractivity contribution < 1.29 is 26.7 Å². The molecule has 0 saturated carbocycles. The number of anilines is 2.